The highest BCUT2D eigenvalue weighted by molar-refractivity contribution is 7.12. The van der Waals surface area contributed by atoms with Crippen LogP contribution in [0.1, 0.15) is 50.7 Å². The third-order valence-corrected chi connectivity index (χ3v) is 6.60. The van der Waals surface area contributed by atoms with Gasteiger partial charge in [0, 0.05) is 29.7 Å². The van der Waals surface area contributed by atoms with Crippen molar-refractivity contribution < 1.29 is 9.59 Å². The molecule has 0 bridgehead atoms. The Morgan fingerprint density at radius 2 is 1.85 bits per heavy atom. The van der Waals surface area contributed by atoms with Crippen molar-refractivity contribution >= 4 is 64.3 Å². The molecule has 4 rings (SSSR count). The summed E-state index contributed by atoms with van der Waals surface area (Å²) in [6.07, 6.45) is 3.82. The molecule has 0 spiro atoms. The summed E-state index contributed by atoms with van der Waals surface area (Å²) in [5.41, 5.74) is 4.61. The van der Waals surface area contributed by atoms with Gasteiger partial charge in [0.25, 0.3) is 11.8 Å². The zero-order valence-electron chi connectivity index (χ0n) is 19.3. The minimum Gasteiger partial charge on any atom is -0.339 e. The number of thiophene rings is 1. The highest BCUT2D eigenvalue weighted by Crippen LogP contribution is 2.25. The molecule has 0 radical (unpaired) electrons. The first-order chi connectivity index (χ1) is 16.0. The highest BCUT2D eigenvalue weighted by atomic mass is 35.5. The number of aryl methyl sites for hydroxylation is 1. The molecule has 0 atom stereocenters. The fraction of sp³-hybridized carbons (Fsp3) is 0.192. The Balaban J connectivity index is 0.00000324. The van der Waals surface area contributed by atoms with Gasteiger partial charge in [0.2, 0.25) is 0 Å². The van der Waals surface area contributed by atoms with Crippen LogP contribution in [0.15, 0.2) is 53.9 Å². The van der Waals surface area contributed by atoms with Crippen LogP contribution in [0.2, 0.25) is 0 Å². The lowest BCUT2D eigenvalue weighted by molar-refractivity contribution is 0.0772. The lowest BCUT2D eigenvalue weighted by Crippen LogP contribution is -2.30. The van der Waals surface area contributed by atoms with Crippen molar-refractivity contribution in [1.29, 1.82) is 0 Å². The second-order valence-corrected chi connectivity index (χ2v) is 8.57. The fourth-order valence-corrected chi connectivity index (χ4v) is 4.52. The van der Waals surface area contributed by atoms with Gasteiger partial charge in [-0.05, 0) is 67.6 Å². The van der Waals surface area contributed by atoms with Crippen LogP contribution in [0.3, 0.4) is 0 Å². The van der Waals surface area contributed by atoms with Crippen molar-refractivity contribution in [3.05, 3.63) is 81.2 Å². The van der Waals surface area contributed by atoms with Crippen LogP contribution in [0, 0.1) is 6.92 Å². The predicted octanol–water partition coefficient (Wildman–Crippen LogP) is 6.26. The van der Waals surface area contributed by atoms with Crippen LogP contribution in [0.25, 0.3) is 23.1 Å². The zero-order valence-corrected chi connectivity index (χ0v) is 20.9. The topological polar surface area (TPSA) is 78.1 Å². The second-order valence-electron chi connectivity index (χ2n) is 7.65. The number of nitrogens with zero attached hydrogens (tertiary/aromatic N) is 2. The number of H-pyrrole nitrogens is 1. The molecule has 4 aromatic rings. The molecule has 2 heterocycles. The molecule has 0 saturated carbocycles. The van der Waals surface area contributed by atoms with Crippen molar-refractivity contribution in [2.24, 2.45) is 0 Å². The van der Waals surface area contributed by atoms with Gasteiger partial charge in [0.05, 0.1) is 16.1 Å². The maximum absolute atomic E-state index is 12.9. The number of benzene rings is 2. The molecule has 34 heavy (non-hydrogen) atoms. The van der Waals surface area contributed by atoms with Crippen molar-refractivity contribution in [3.63, 3.8) is 0 Å². The molecule has 0 saturated heterocycles. The van der Waals surface area contributed by atoms with E-state index in [4.69, 9.17) is 0 Å². The molecule has 0 aliphatic rings. The standard InChI is InChI=1S/C26H26N4O2S.ClH/c1-4-30(5-2)26(32)19-11-10-18(12-13-22-20-8-6-7-9-21(20)28-29-22)23(16-19)27-25(31)24-17(3)14-15-33-24;/h6-16H,4-5H2,1-3H3,(H,27,31)(H,28,29);1H/b13-12+;. The molecule has 2 aromatic heterocycles. The normalized spacial score (nSPS) is 10.9. The number of aromatic nitrogens is 2. The number of para-hydroxylation sites is 1. The molecule has 0 aliphatic carbocycles. The summed E-state index contributed by atoms with van der Waals surface area (Å²) in [5.74, 6) is -0.244. The summed E-state index contributed by atoms with van der Waals surface area (Å²) in [4.78, 5) is 28.3. The van der Waals surface area contributed by atoms with E-state index in [1.54, 1.807) is 17.0 Å². The van der Waals surface area contributed by atoms with E-state index in [0.29, 0.717) is 29.2 Å². The summed E-state index contributed by atoms with van der Waals surface area (Å²) in [6, 6.07) is 15.2. The first-order valence-corrected chi connectivity index (χ1v) is 11.8. The number of hydrogen-bond acceptors (Lipinski definition) is 4. The molecule has 2 aromatic carbocycles. The Bertz CT molecular complexity index is 1340. The number of halogens is 1. The van der Waals surface area contributed by atoms with E-state index in [0.717, 1.165) is 27.7 Å². The quantitative estimate of drug-likeness (QED) is 0.318. The van der Waals surface area contributed by atoms with Crippen LogP contribution in [0.5, 0.6) is 0 Å². The van der Waals surface area contributed by atoms with Crippen LogP contribution in [-0.2, 0) is 0 Å². The number of nitrogens with one attached hydrogen (secondary N) is 2. The third-order valence-electron chi connectivity index (χ3n) is 5.59. The summed E-state index contributed by atoms with van der Waals surface area (Å²) < 4.78 is 0. The van der Waals surface area contributed by atoms with Crippen molar-refractivity contribution in [1.82, 2.24) is 15.1 Å². The first kappa shape index (κ1) is 25.2. The van der Waals surface area contributed by atoms with E-state index in [2.05, 4.69) is 15.5 Å². The van der Waals surface area contributed by atoms with Gasteiger partial charge in [-0.3, -0.25) is 14.7 Å². The second kappa shape index (κ2) is 11.1. The number of carbonyl (C=O) groups is 2. The molecule has 0 aliphatic heterocycles. The zero-order chi connectivity index (χ0) is 23.4. The molecule has 2 N–H and O–H groups in total. The van der Waals surface area contributed by atoms with Crippen molar-refractivity contribution in [2.75, 3.05) is 18.4 Å². The van der Waals surface area contributed by atoms with Gasteiger partial charge in [0.1, 0.15) is 0 Å². The number of hydrogen-bond donors (Lipinski definition) is 2. The Morgan fingerprint density at radius 1 is 1.09 bits per heavy atom. The van der Waals surface area contributed by atoms with Crippen LogP contribution in [-0.4, -0.2) is 40.0 Å². The van der Waals surface area contributed by atoms with E-state index >= 15 is 0 Å². The summed E-state index contributed by atoms with van der Waals surface area (Å²) in [7, 11) is 0. The van der Waals surface area contributed by atoms with E-state index in [1.165, 1.54) is 11.3 Å². The highest BCUT2D eigenvalue weighted by Gasteiger charge is 2.17. The SMILES string of the molecule is CCN(CC)C(=O)c1ccc(/C=C/c2n[nH]c3ccccc23)c(NC(=O)c2sccc2C)c1.Cl. The first-order valence-electron chi connectivity index (χ1n) is 10.9. The molecular weight excluding hydrogens is 468 g/mol. The van der Waals surface area contributed by atoms with E-state index in [-0.39, 0.29) is 24.2 Å². The lowest BCUT2D eigenvalue weighted by atomic mass is 10.1. The largest absolute Gasteiger partial charge is 0.339 e. The van der Waals surface area contributed by atoms with E-state index in [1.807, 2.05) is 74.7 Å². The van der Waals surface area contributed by atoms with Gasteiger partial charge in [-0.25, -0.2) is 0 Å². The number of carbonyl (C=O) groups excluding carboxylic acids is 2. The Morgan fingerprint density at radius 3 is 2.56 bits per heavy atom. The Kier molecular flexibility index (Phi) is 8.26. The molecule has 176 valence electrons. The average molecular weight is 495 g/mol. The summed E-state index contributed by atoms with van der Waals surface area (Å²) in [5, 5.41) is 13.3. The van der Waals surface area contributed by atoms with Gasteiger partial charge >= 0.3 is 0 Å². The molecule has 6 nitrogen and oxygen atoms in total. The van der Waals surface area contributed by atoms with Crippen molar-refractivity contribution in [3.8, 4) is 0 Å². The third kappa shape index (κ3) is 5.21. The molecule has 0 unspecified atom stereocenters. The number of anilines is 1. The maximum Gasteiger partial charge on any atom is 0.266 e. The average Bonchev–Trinajstić information content (AvgIpc) is 3.45. The van der Waals surface area contributed by atoms with Gasteiger partial charge < -0.3 is 10.2 Å². The molecular formula is C26H27ClN4O2S. The van der Waals surface area contributed by atoms with Crippen molar-refractivity contribution in [2.45, 2.75) is 20.8 Å². The predicted molar refractivity (Wildman–Crippen MR) is 143 cm³/mol. The Labute approximate surface area is 209 Å². The minimum absolute atomic E-state index is 0. The fourth-order valence-electron chi connectivity index (χ4n) is 3.70. The molecule has 8 heteroatoms. The number of aromatic amines is 1. The van der Waals surface area contributed by atoms with Gasteiger partial charge in [-0.2, -0.15) is 5.10 Å². The number of rotatable bonds is 7. The van der Waals surface area contributed by atoms with Crippen LogP contribution < -0.4 is 5.32 Å². The molecule has 2 amide bonds. The van der Waals surface area contributed by atoms with Crippen LogP contribution >= 0.6 is 23.7 Å². The van der Waals surface area contributed by atoms with E-state index < -0.39 is 0 Å². The number of amides is 2. The number of fused-ring (bicyclic) bond motifs is 1. The van der Waals surface area contributed by atoms with E-state index in [9.17, 15) is 9.59 Å². The van der Waals surface area contributed by atoms with Gasteiger partial charge in [-0.1, -0.05) is 30.3 Å². The minimum atomic E-state index is -0.185. The Hall–Kier alpha value is -3.42. The summed E-state index contributed by atoms with van der Waals surface area (Å²) in [6.45, 7) is 7.07. The van der Waals surface area contributed by atoms with Gasteiger partial charge in [-0.15, -0.1) is 23.7 Å². The molecule has 0 fully saturated rings. The van der Waals surface area contributed by atoms with Gasteiger partial charge in [0.15, 0.2) is 0 Å². The maximum atomic E-state index is 12.9. The van der Waals surface area contributed by atoms with Crippen LogP contribution in [0.4, 0.5) is 5.69 Å². The smallest absolute Gasteiger partial charge is 0.266 e. The monoisotopic (exact) mass is 494 g/mol. The summed E-state index contributed by atoms with van der Waals surface area (Å²) >= 11 is 1.40. The lowest BCUT2D eigenvalue weighted by Gasteiger charge is -2.19.